The van der Waals surface area contributed by atoms with E-state index in [0.29, 0.717) is 19.2 Å². The lowest BCUT2D eigenvalue weighted by Gasteiger charge is -2.38. The van der Waals surface area contributed by atoms with Crippen LogP contribution in [-0.2, 0) is 4.74 Å². The molecule has 4 heteroatoms. The van der Waals surface area contributed by atoms with Gasteiger partial charge in [-0.3, -0.25) is 0 Å². The summed E-state index contributed by atoms with van der Waals surface area (Å²) in [4.78, 5) is 14.7. The van der Waals surface area contributed by atoms with Gasteiger partial charge in [0, 0.05) is 31.1 Å². The van der Waals surface area contributed by atoms with Gasteiger partial charge in [-0.25, -0.2) is 4.79 Å². The molecule has 1 fully saturated rings. The van der Waals surface area contributed by atoms with Crippen LogP contribution in [-0.4, -0.2) is 42.8 Å². The Morgan fingerprint density at radius 2 is 1.73 bits per heavy atom. The summed E-state index contributed by atoms with van der Waals surface area (Å²) in [6, 6.07) is 17.4. The Labute approximate surface area is 155 Å². The van der Waals surface area contributed by atoms with E-state index in [1.807, 2.05) is 4.90 Å². The minimum atomic E-state index is -0.188. The highest BCUT2D eigenvalue weighted by Crippen LogP contribution is 2.44. The van der Waals surface area contributed by atoms with Gasteiger partial charge in [0.2, 0.25) is 0 Å². The molecule has 0 aromatic heterocycles. The number of amides is 1. The minimum absolute atomic E-state index is 0.117. The Morgan fingerprint density at radius 3 is 2.35 bits per heavy atom. The quantitative estimate of drug-likeness (QED) is 0.909. The van der Waals surface area contributed by atoms with E-state index in [1.54, 1.807) is 0 Å². The molecule has 2 aromatic rings. The molecule has 2 atom stereocenters. The zero-order valence-corrected chi connectivity index (χ0v) is 15.4. The van der Waals surface area contributed by atoms with Gasteiger partial charge in [-0.2, -0.15) is 0 Å². The van der Waals surface area contributed by atoms with Gasteiger partial charge in [0.1, 0.15) is 6.61 Å². The lowest BCUT2D eigenvalue weighted by molar-refractivity contribution is 0.0667. The van der Waals surface area contributed by atoms with E-state index in [-0.39, 0.29) is 18.1 Å². The second kappa shape index (κ2) is 7.12. The molecule has 1 saturated heterocycles. The normalized spacial score (nSPS) is 22.0. The first kappa shape index (κ1) is 17.1. The number of benzene rings is 2. The molecule has 2 aliphatic rings. The summed E-state index contributed by atoms with van der Waals surface area (Å²) in [7, 11) is 0. The van der Waals surface area contributed by atoms with Crippen molar-refractivity contribution in [2.24, 2.45) is 0 Å². The first-order valence-corrected chi connectivity index (χ1v) is 9.54. The number of carbonyl (C=O) groups excluding carboxylic acids is 1. The Balaban J connectivity index is 1.52. The van der Waals surface area contributed by atoms with Crippen molar-refractivity contribution in [2.75, 3.05) is 19.7 Å². The second-order valence-corrected chi connectivity index (χ2v) is 7.33. The van der Waals surface area contributed by atoms with Crippen molar-refractivity contribution in [1.29, 1.82) is 0 Å². The van der Waals surface area contributed by atoms with Crippen molar-refractivity contribution in [2.45, 2.75) is 38.3 Å². The molecule has 26 heavy (non-hydrogen) atoms. The highest BCUT2D eigenvalue weighted by Gasteiger charge is 2.32. The van der Waals surface area contributed by atoms with Crippen molar-refractivity contribution in [3.63, 3.8) is 0 Å². The van der Waals surface area contributed by atoms with Crippen molar-refractivity contribution >= 4 is 6.09 Å². The maximum absolute atomic E-state index is 12.8. The number of ether oxygens (including phenoxy) is 1. The number of carbonyl (C=O) groups is 1. The van der Waals surface area contributed by atoms with Gasteiger partial charge < -0.3 is 15.0 Å². The largest absolute Gasteiger partial charge is 0.448 e. The number of fused-ring (bicyclic) bond motifs is 3. The number of rotatable bonds is 3. The van der Waals surface area contributed by atoms with Crippen LogP contribution in [0.4, 0.5) is 4.79 Å². The van der Waals surface area contributed by atoms with Crippen LogP contribution in [0.1, 0.15) is 37.3 Å². The van der Waals surface area contributed by atoms with Crippen molar-refractivity contribution < 1.29 is 9.53 Å². The highest BCUT2D eigenvalue weighted by atomic mass is 16.6. The summed E-state index contributed by atoms with van der Waals surface area (Å²) in [5.41, 5.74) is 5.02. The summed E-state index contributed by atoms with van der Waals surface area (Å²) in [6.45, 7) is 6.15. The molecule has 0 unspecified atom stereocenters. The number of nitrogens with one attached hydrogen (secondary N) is 1. The zero-order valence-electron chi connectivity index (χ0n) is 15.4. The van der Waals surface area contributed by atoms with Gasteiger partial charge in [-0.05, 0) is 35.6 Å². The molecule has 1 aliphatic heterocycles. The fourth-order valence-corrected chi connectivity index (χ4v) is 4.22. The molecule has 4 rings (SSSR count). The molecule has 1 heterocycles. The van der Waals surface area contributed by atoms with Gasteiger partial charge in [0.25, 0.3) is 0 Å². The zero-order chi connectivity index (χ0) is 18.1. The molecule has 0 radical (unpaired) electrons. The van der Waals surface area contributed by atoms with E-state index in [0.717, 1.165) is 13.0 Å². The average molecular weight is 350 g/mol. The number of hydrogen-bond donors (Lipinski definition) is 1. The molecule has 1 aliphatic carbocycles. The molecule has 136 valence electrons. The Kier molecular flexibility index (Phi) is 4.68. The van der Waals surface area contributed by atoms with Crippen LogP contribution in [0.25, 0.3) is 11.1 Å². The maximum Gasteiger partial charge on any atom is 0.410 e. The SMILES string of the molecule is CC[C@H]1CN[C@@H](C)CN1C(=O)OCC1c2ccccc2-c2ccccc21. The molecule has 0 bridgehead atoms. The lowest BCUT2D eigenvalue weighted by Crippen LogP contribution is -2.57. The van der Waals surface area contributed by atoms with Crippen LogP contribution >= 0.6 is 0 Å². The first-order chi connectivity index (χ1) is 12.7. The van der Waals surface area contributed by atoms with Gasteiger partial charge >= 0.3 is 6.09 Å². The molecule has 0 saturated carbocycles. The van der Waals surface area contributed by atoms with Crippen LogP contribution < -0.4 is 5.32 Å². The summed E-state index contributed by atoms with van der Waals surface area (Å²) in [5.74, 6) is 0.117. The highest BCUT2D eigenvalue weighted by molar-refractivity contribution is 5.79. The van der Waals surface area contributed by atoms with Crippen molar-refractivity contribution in [3.05, 3.63) is 59.7 Å². The third kappa shape index (κ3) is 2.99. The predicted molar refractivity (Wildman–Crippen MR) is 103 cm³/mol. The number of piperazine rings is 1. The van der Waals surface area contributed by atoms with Crippen LogP contribution in [0.2, 0.25) is 0 Å². The standard InChI is InChI=1S/C22H26N2O2/c1-3-16-12-23-15(2)13-24(16)22(25)26-14-21-19-10-6-4-8-17(19)18-9-5-7-11-20(18)21/h4-11,15-16,21,23H,3,12-14H2,1-2H3/t15-,16-/m0/s1. The first-order valence-electron chi connectivity index (χ1n) is 9.54. The van der Waals surface area contributed by atoms with Gasteiger partial charge in [0.05, 0.1) is 0 Å². The summed E-state index contributed by atoms with van der Waals surface area (Å²) in [5, 5.41) is 3.44. The van der Waals surface area contributed by atoms with Gasteiger partial charge in [-0.1, -0.05) is 55.5 Å². The van der Waals surface area contributed by atoms with Gasteiger partial charge in [-0.15, -0.1) is 0 Å². The van der Waals surface area contributed by atoms with Gasteiger partial charge in [0.15, 0.2) is 0 Å². The van der Waals surface area contributed by atoms with E-state index in [4.69, 9.17) is 4.74 Å². The third-order valence-electron chi connectivity index (χ3n) is 5.66. The van der Waals surface area contributed by atoms with Crippen LogP contribution in [0.5, 0.6) is 0 Å². The fourth-order valence-electron chi connectivity index (χ4n) is 4.22. The van der Waals surface area contributed by atoms with Crippen LogP contribution in [0.15, 0.2) is 48.5 Å². The minimum Gasteiger partial charge on any atom is -0.448 e. The Bertz CT molecular complexity index is 759. The Hall–Kier alpha value is -2.33. The summed E-state index contributed by atoms with van der Waals surface area (Å²) < 4.78 is 5.82. The lowest BCUT2D eigenvalue weighted by atomic mass is 9.98. The van der Waals surface area contributed by atoms with E-state index in [2.05, 4.69) is 67.7 Å². The number of hydrogen-bond acceptors (Lipinski definition) is 3. The molecular weight excluding hydrogens is 324 g/mol. The molecule has 1 N–H and O–H groups in total. The molecular formula is C22H26N2O2. The third-order valence-corrected chi connectivity index (χ3v) is 5.66. The van der Waals surface area contributed by atoms with Crippen molar-refractivity contribution in [1.82, 2.24) is 10.2 Å². The monoisotopic (exact) mass is 350 g/mol. The van der Waals surface area contributed by atoms with E-state index >= 15 is 0 Å². The second-order valence-electron chi connectivity index (χ2n) is 7.33. The smallest absolute Gasteiger partial charge is 0.410 e. The van der Waals surface area contributed by atoms with Crippen molar-refractivity contribution in [3.8, 4) is 11.1 Å². The summed E-state index contributed by atoms with van der Waals surface area (Å²) in [6.07, 6.45) is 0.747. The molecule has 2 aromatic carbocycles. The Morgan fingerprint density at radius 1 is 1.12 bits per heavy atom. The topological polar surface area (TPSA) is 41.6 Å². The maximum atomic E-state index is 12.8. The number of nitrogens with zero attached hydrogens (tertiary/aromatic N) is 1. The van der Waals surface area contributed by atoms with Crippen LogP contribution in [0.3, 0.4) is 0 Å². The van der Waals surface area contributed by atoms with E-state index in [1.165, 1.54) is 22.3 Å². The molecule has 0 spiro atoms. The summed E-state index contributed by atoms with van der Waals surface area (Å²) >= 11 is 0. The fraction of sp³-hybridized carbons (Fsp3) is 0.409. The van der Waals surface area contributed by atoms with E-state index in [9.17, 15) is 4.79 Å². The molecule has 1 amide bonds. The van der Waals surface area contributed by atoms with E-state index < -0.39 is 0 Å². The van der Waals surface area contributed by atoms with Crippen LogP contribution in [0, 0.1) is 0 Å². The molecule has 4 nitrogen and oxygen atoms in total. The average Bonchev–Trinajstić information content (AvgIpc) is 3.00. The predicted octanol–water partition coefficient (Wildman–Crippen LogP) is 4.01.